The Bertz CT molecular complexity index is 679. The zero-order valence-corrected chi connectivity index (χ0v) is 14.4. The molecule has 0 saturated heterocycles. The average molecular weight is 331 g/mol. The van der Waals surface area contributed by atoms with Gasteiger partial charge >= 0.3 is 0 Å². The molecule has 0 amide bonds. The van der Waals surface area contributed by atoms with Gasteiger partial charge in [-0.3, -0.25) is 0 Å². The highest BCUT2D eigenvalue weighted by atomic mass is 16.5. The van der Waals surface area contributed by atoms with Crippen LogP contribution in [0.15, 0.2) is 12.4 Å². The maximum Gasteiger partial charge on any atom is 0.225 e. The van der Waals surface area contributed by atoms with Crippen molar-refractivity contribution in [1.82, 2.24) is 24.7 Å². The van der Waals surface area contributed by atoms with Crippen molar-refractivity contribution in [3.05, 3.63) is 18.2 Å². The molecule has 8 nitrogen and oxygen atoms in total. The molecular weight excluding hydrogens is 306 g/mol. The Morgan fingerprint density at radius 2 is 2.00 bits per heavy atom. The molecule has 2 aromatic rings. The second-order valence-corrected chi connectivity index (χ2v) is 6.52. The number of nitrogens with two attached hydrogens (primary N) is 1. The van der Waals surface area contributed by atoms with Crippen LogP contribution in [0.2, 0.25) is 0 Å². The van der Waals surface area contributed by atoms with Crippen molar-refractivity contribution in [2.24, 2.45) is 0 Å². The minimum atomic E-state index is -0.0469. The quantitative estimate of drug-likeness (QED) is 0.838. The Kier molecular flexibility index (Phi) is 4.82. The normalized spacial score (nSPS) is 16.5. The van der Waals surface area contributed by atoms with Crippen LogP contribution < -0.4 is 15.8 Å². The van der Waals surface area contributed by atoms with Crippen LogP contribution in [-0.2, 0) is 0 Å². The summed E-state index contributed by atoms with van der Waals surface area (Å²) in [7, 11) is 0. The third kappa shape index (κ3) is 3.74. The molecule has 1 fully saturated rings. The molecule has 0 bridgehead atoms. The predicted molar refractivity (Wildman–Crippen MR) is 91.8 cm³/mol. The zero-order valence-electron chi connectivity index (χ0n) is 14.4. The van der Waals surface area contributed by atoms with E-state index in [4.69, 9.17) is 10.5 Å². The van der Waals surface area contributed by atoms with Crippen molar-refractivity contribution in [2.75, 3.05) is 11.1 Å². The molecule has 3 N–H and O–H groups in total. The van der Waals surface area contributed by atoms with E-state index >= 15 is 0 Å². The summed E-state index contributed by atoms with van der Waals surface area (Å²) >= 11 is 0. The third-order valence-electron chi connectivity index (χ3n) is 4.15. The summed E-state index contributed by atoms with van der Waals surface area (Å²) in [5.41, 5.74) is 5.78. The predicted octanol–water partition coefficient (Wildman–Crippen LogP) is 2.73. The Morgan fingerprint density at radius 1 is 1.25 bits per heavy atom. The van der Waals surface area contributed by atoms with Crippen molar-refractivity contribution in [3.63, 3.8) is 0 Å². The van der Waals surface area contributed by atoms with E-state index in [-0.39, 0.29) is 18.1 Å². The Hall–Kier alpha value is -2.38. The molecule has 3 rings (SSSR count). The molecule has 0 spiro atoms. The average Bonchev–Trinajstić information content (AvgIpc) is 3.17. The number of ether oxygens (including phenoxy) is 1. The number of nitrogens with one attached hydrogen (secondary N) is 1. The summed E-state index contributed by atoms with van der Waals surface area (Å²) < 4.78 is 7.79. The van der Waals surface area contributed by atoms with Crippen LogP contribution in [0.4, 0.5) is 11.8 Å². The summed E-state index contributed by atoms with van der Waals surface area (Å²) in [4.78, 5) is 8.33. The standard InChI is InChI=1S/C16H25N7O/c1-10(2)24-14-8-13(20-16(17)21-14)19-11(3)15-22-18-9-23(15)12-6-4-5-7-12/h8-12H,4-7H2,1-3H3,(H3,17,19,20,21)/t11-/m0/s1. The highest BCUT2D eigenvalue weighted by Crippen LogP contribution is 2.31. The molecule has 8 heteroatoms. The minimum Gasteiger partial charge on any atom is -0.475 e. The maximum absolute atomic E-state index is 5.78. The maximum atomic E-state index is 5.78. The lowest BCUT2D eigenvalue weighted by molar-refractivity contribution is 0.233. The Labute approximate surface area is 141 Å². The van der Waals surface area contributed by atoms with Crippen LogP contribution in [0.5, 0.6) is 5.88 Å². The van der Waals surface area contributed by atoms with Gasteiger partial charge in [-0.15, -0.1) is 10.2 Å². The monoisotopic (exact) mass is 331 g/mol. The van der Waals surface area contributed by atoms with Gasteiger partial charge in [0.2, 0.25) is 11.8 Å². The minimum absolute atomic E-state index is 0.0232. The van der Waals surface area contributed by atoms with Gasteiger partial charge in [0.15, 0.2) is 5.82 Å². The number of hydrogen-bond donors (Lipinski definition) is 2. The largest absolute Gasteiger partial charge is 0.475 e. The van der Waals surface area contributed by atoms with Gasteiger partial charge in [0.05, 0.1) is 12.1 Å². The van der Waals surface area contributed by atoms with Crippen molar-refractivity contribution in [2.45, 2.75) is 64.6 Å². The van der Waals surface area contributed by atoms with E-state index in [0.717, 1.165) is 5.82 Å². The van der Waals surface area contributed by atoms with E-state index in [9.17, 15) is 0 Å². The number of nitrogens with zero attached hydrogens (tertiary/aromatic N) is 5. The number of nitrogen functional groups attached to an aromatic ring is 1. The fourth-order valence-electron chi connectivity index (χ4n) is 3.13. The van der Waals surface area contributed by atoms with Gasteiger partial charge in [-0.25, -0.2) is 0 Å². The fourth-order valence-corrected chi connectivity index (χ4v) is 3.13. The Balaban J connectivity index is 1.76. The van der Waals surface area contributed by atoms with Gasteiger partial charge in [-0.1, -0.05) is 12.8 Å². The zero-order chi connectivity index (χ0) is 17.1. The van der Waals surface area contributed by atoms with Crippen LogP contribution in [0.25, 0.3) is 0 Å². The lowest BCUT2D eigenvalue weighted by Crippen LogP contribution is -2.17. The Morgan fingerprint density at radius 3 is 2.71 bits per heavy atom. The van der Waals surface area contributed by atoms with Gasteiger partial charge in [0, 0.05) is 12.1 Å². The summed E-state index contributed by atoms with van der Waals surface area (Å²) in [6.07, 6.45) is 6.75. The molecule has 24 heavy (non-hydrogen) atoms. The first kappa shape index (κ1) is 16.5. The lowest BCUT2D eigenvalue weighted by Gasteiger charge is -2.19. The third-order valence-corrected chi connectivity index (χ3v) is 4.15. The van der Waals surface area contributed by atoms with Gasteiger partial charge in [0.25, 0.3) is 0 Å². The van der Waals surface area contributed by atoms with Crippen LogP contribution in [-0.4, -0.2) is 30.8 Å². The summed E-state index contributed by atoms with van der Waals surface area (Å²) in [5, 5.41) is 11.7. The number of hydrogen-bond acceptors (Lipinski definition) is 7. The highest BCUT2D eigenvalue weighted by Gasteiger charge is 2.23. The SMILES string of the molecule is CC(C)Oc1cc(N[C@@H](C)c2nncn2C2CCCC2)nc(N)n1. The van der Waals surface area contributed by atoms with Crippen molar-refractivity contribution >= 4 is 11.8 Å². The smallest absolute Gasteiger partial charge is 0.225 e. The molecule has 2 aromatic heterocycles. The van der Waals surface area contributed by atoms with Crippen LogP contribution >= 0.6 is 0 Å². The molecule has 0 aliphatic heterocycles. The molecule has 1 saturated carbocycles. The fraction of sp³-hybridized carbons (Fsp3) is 0.625. The second kappa shape index (κ2) is 7.02. The molecule has 0 unspecified atom stereocenters. The van der Waals surface area contributed by atoms with Crippen LogP contribution in [0.1, 0.15) is 64.4 Å². The summed E-state index contributed by atoms with van der Waals surface area (Å²) in [6, 6.07) is 2.20. The number of anilines is 2. The molecule has 1 aliphatic rings. The summed E-state index contributed by atoms with van der Waals surface area (Å²) in [5.74, 6) is 2.17. The van der Waals surface area contributed by atoms with Gasteiger partial charge < -0.3 is 20.4 Å². The first-order chi connectivity index (χ1) is 11.5. The first-order valence-electron chi connectivity index (χ1n) is 8.50. The van der Waals surface area contributed by atoms with E-state index in [1.54, 1.807) is 6.07 Å². The van der Waals surface area contributed by atoms with Crippen molar-refractivity contribution in [1.29, 1.82) is 0 Å². The van der Waals surface area contributed by atoms with E-state index in [1.807, 2.05) is 27.1 Å². The second-order valence-electron chi connectivity index (χ2n) is 6.52. The van der Waals surface area contributed by atoms with E-state index in [0.29, 0.717) is 17.7 Å². The number of aromatic nitrogens is 5. The van der Waals surface area contributed by atoms with Crippen LogP contribution in [0.3, 0.4) is 0 Å². The molecule has 0 radical (unpaired) electrons. The van der Waals surface area contributed by atoms with Crippen LogP contribution in [0, 0.1) is 0 Å². The van der Waals surface area contributed by atoms with Gasteiger partial charge in [-0.2, -0.15) is 9.97 Å². The molecular formula is C16H25N7O. The molecule has 1 atom stereocenters. The number of rotatable bonds is 6. The van der Waals surface area contributed by atoms with E-state index < -0.39 is 0 Å². The highest BCUT2D eigenvalue weighted by molar-refractivity contribution is 5.44. The lowest BCUT2D eigenvalue weighted by atomic mass is 10.2. The first-order valence-corrected chi connectivity index (χ1v) is 8.50. The van der Waals surface area contributed by atoms with E-state index in [1.165, 1.54) is 25.7 Å². The summed E-state index contributed by atoms with van der Waals surface area (Å²) in [6.45, 7) is 5.92. The molecule has 2 heterocycles. The van der Waals surface area contributed by atoms with Gasteiger partial charge in [0.1, 0.15) is 12.1 Å². The van der Waals surface area contributed by atoms with Gasteiger partial charge in [-0.05, 0) is 33.6 Å². The van der Waals surface area contributed by atoms with Crippen molar-refractivity contribution < 1.29 is 4.74 Å². The molecule has 0 aromatic carbocycles. The molecule has 130 valence electrons. The topological polar surface area (TPSA) is 104 Å². The van der Waals surface area contributed by atoms with Crippen molar-refractivity contribution in [3.8, 4) is 5.88 Å². The molecule has 1 aliphatic carbocycles. The van der Waals surface area contributed by atoms with E-state index in [2.05, 4.69) is 30.0 Å².